The smallest absolute Gasteiger partial charge is 0.328 e. The van der Waals surface area contributed by atoms with E-state index in [1.54, 1.807) is 0 Å². The van der Waals surface area contributed by atoms with Crippen molar-refractivity contribution < 1.29 is 24.9 Å². The van der Waals surface area contributed by atoms with Gasteiger partial charge in [-0.3, -0.25) is 0 Å². The van der Waals surface area contributed by atoms with Crippen LogP contribution >= 0.6 is 0 Å². The Kier molecular flexibility index (Phi) is 5.52. The molecule has 3 atom stereocenters. The van der Waals surface area contributed by atoms with Gasteiger partial charge in [0.15, 0.2) is 6.04 Å². The first-order valence-electron chi connectivity index (χ1n) is 6.08. The first-order valence-corrected chi connectivity index (χ1v) is 6.08. The van der Waals surface area contributed by atoms with Gasteiger partial charge >= 0.3 is 12.0 Å². The highest BCUT2D eigenvalue weighted by Crippen LogP contribution is 2.18. The number of hydrogen-bond donors (Lipinski definition) is 4. The van der Waals surface area contributed by atoms with E-state index in [1.165, 1.54) is 4.90 Å². The van der Waals surface area contributed by atoms with Crippen LogP contribution < -0.4 is 5.32 Å². The second-order valence-corrected chi connectivity index (χ2v) is 4.98. The van der Waals surface area contributed by atoms with Gasteiger partial charge in [-0.25, -0.2) is 9.59 Å². The Balaban J connectivity index is 2.65. The Labute approximate surface area is 111 Å². The maximum absolute atomic E-state index is 12.0. The Morgan fingerprint density at radius 1 is 1.47 bits per heavy atom. The third kappa shape index (κ3) is 4.34. The molecule has 110 valence electrons. The lowest BCUT2D eigenvalue weighted by molar-refractivity contribution is -0.140. The molecule has 1 fully saturated rings. The topological polar surface area (TPSA) is 113 Å². The molecule has 19 heavy (non-hydrogen) atoms. The molecule has 0 radical (unpaired) electrons. The molecule has 0 bridgehead atoms. The molecule has 8 nitrogen and oxygen atoms in total. The lowest BCUT2D eigenvalue weighted by atomic mass is 10.2. The first kappa shape index (κ1) is 15.7. The van der Waals surface area contributed by atoms with Crippen LogP contribution in [-0.4, -0.2) is 89.1 Å². The fraction of sp³-hybridized carbons (Fsp3) is 0.818. The molecule has 0 spiro atoms. The summed E-state index contributed by atoms with van der Waals surface area (Å²) in [5.41, 5.74) is 0. The van der Waals surface area contributed by atoms with E-state index in [0.29, 0.717) is 13.0 Å². The fourth-order valence-electron chi connectivity index (χ4n) is 2.15. The minimum absolute atomic E-state index is 0.168. The van der Waals surface area contributed by atoms with Gasteiger partial charge in [0.05, 0.1) is 12.7 Å². The Morgan fingerprint density at radius 2 is 2.11 bits per heavy atom. The van der Waals surface area contributed by atoms with E-state index in [-0.39, 0.29) is 12.6 Å². The summed E-state index contributed by atoms with van der Waals surface area (Å²) in [5, 5.41) is 29.5. The molecule has 8 heteroatoms. The molecule has 0 aromatic rings. The average Bonchev–Trinajstić information content (AvgIpc) is 2.65. The van der Waals surface area contributed by atoms with Crippen LogP contribution in [0.2, 0.25) is 0 Å². The molecule has 2 amide bonds. The van der Waals surface area contributed by atoms with Crippen LogP contribution in [-0.2, 0) is 4.79 Å². The number of carbonyl (C=O) groups is 2. The number of amides is 2. The van der Waals surface area contributed by atoms with Gasteiger partial charge in [-0.15, -0.1) is 0 Å². The number of carboxylic acids is 1. The van der Waals surface area contributed by atoms with Crippen LogP contribution in [0.5, 0.6) is 0 Å². The molecule has 4 N–H and O–H groups in total. The quantitative estimate of drug-likeness (QED) is 0.468. The monoisotopic (exact) mass is 275 g/mol. The Morgan fingerprint density at radius 3 is 2.58 bits per heavy atom. The largest absolute Gasteiger partial charge is 0.480 e. The fourth-order valence-corrected chi connectivity index (χ4v) is 2.15. The van der Waals surface area contributed by atoms with Gasteiger partial charge in [-0.2, -0.15) is 0 Å². The number of carbonyl (C=O) groups excluding carboxylic acids is 1. The van der Waals surface area contributed by atoms with Crippen LogP contribution in [0.25, 0.3) is 0 Å². The predicted octanol–water partition coefficient (Wildman–Crippen LogP) is -1.86. The van der Waals surface area contributed by atoms with Crippen molar-refractivity contribution in [2.75, 3.05) is 33.8 Å². The molecule has 1 aliphatic heterocycles. The number of likely N-dealkylation sites (N-methyl/N-ethyl adjacent to an activating group) is 1. The van der Waals surface area contributed by atoms with Gasteiger partial charge < -0.3 is 30.4 Å². The molecule has 1 aliphatic rings. The molecular weight excluding hydrogens is 254 g/mol. The molecule has 1 saturated heterocycles. The minimum Gasteiger partial charge on any atom is -0.480 e. The summed E-state index contributed by atoms with van der Waals surface area (Å²) >= 11 is 0. The van der Waals surface area contributed by atoms with Gasteiger partial charge in [-0.05, 0) is 20.5 Å². The highest BCUT2D eigenvalue weighted by Gasteiger charge is 2.35. The number of carboxylic acid groups (broad SMARTS) is 1. The Bertz CT molecular complexity index is 336. The Hall–Kier alpha value is -1.38. The molecule has 1 rings (SSSR count). The highest BCUT2D eigenvalue weighted by atomic mass is 16.4. The van der Waals surface area contributed by atoms with Crippen molar-refractivity contribution in [2.24, 2.45) is 0 Å². The summed E-state index contributed by atoms with van der Waals surface area (Å²) < 4.78 is 0. The van der Waals surface area contributed by atoms with Crippen LogP contribution in [0, 0.1) is 0 Å². The minimum atomic E-state index is -1.33. The molecule has 1 heterocycles. The highest BCUT2D eigenvalue weighted by molar-refractivity contribution is 5.83. The SMILES string of the molecule is CN(C)CC1CC(O)CN1C(=O)N[C@@H](CO)C(=O)O. The van der Waals surface area contributed by atoms with Gasteiger partial charge in [-0.1, -0.05) is 0 Å². The van der Waals surface area contributed by atoms with E-state index in [0.717, 1.165) is 0 Å². The number of aliphatic carboxylic acids is 1. The zero-order valence-electron chi connectivity index (χ0n) is 11.1. The maximum Gasteiger partial charge on any atom is 0.328 e. The number of aliphatic hydroxyl groups excluding tert-OH is 2. The summed E-state index contributed by atoms with van der Waals surface area (Å²) in [4.78, 5) is 26.0. The van der Waals surface area contributed by atoms with Crippen molar-refractivity contribution in [1.29, 1.82) is 0 Å². The van der Waals surface area contributed by atoms with Crippen molar-refractivity contribution in [3.8, 4) is 0 Å². The summed E-state index contributed by atoms with van der Waals surface area (Å²) in [6.45, 7) is 0.0826. The van der Waals surface area contributed by atoms with Crippen molar-refractivity contribution in [3.05, 3.63) is 0 Å². The molecule has 0 aromatic carbocycles. The number of nitrogens with one attached hydrogen (secondary N) is 1. The zero-order valence-corrected chi connectivity index (χ0v) is 11.1. The summed E-state index contributed by atoms with van der Waals surface area (Å²) in [7, 11) is 3.71. The average molecular weight is 275 g/mol. The summed E-state index contributed by atoms with van der Waals surface area (Å²) in [6, 6.07) is -2.08. The van der Waals surface area contributed by atoms with E-state index in [1.807, 2.05) is 19.0 Å². The van der Waals surface area contributed by atoms with E-state index < -0.39 is 30.8 Å². The van der Waals surface area contributed by atoms with Gasteiger partial charge in [0, 0.05) is 19.1 Å². The molecule has 2 unspecified atom stereocenters. The number of likely N-dealkylation sites (tertiary alicyclic amines) is 1. The number of hydrogen-bond acceptors (Lipinski definition) is 5. The van der Waals surface area contributed by atoms with Crippen LogP contribution in [0.15, 0.2) is 0 Å². The van der Waals surface area contributed by atoms with Gasteiger partial charge in [0.2, 0.25) is 0 Å². The first-order chi connectivity index (χ1) is 8.85. The van der Waals surface area contributed by atoms with Crippen LogP contribution in [0.3, 0.4) is 0 Å². The van der Waals surface area contributed by atoms with Gasteiger partial charge in [0.25, 0.3) is 0 Å². The van der Waals surface area contributed by atoms with Crippen molar-refractivity contribution >= 4 is 12.0 Å². The van der Waals surface area contributed by atoms with E-state index >= 15 is 0 Å². The molecule has 0 saturated carbocycles. The number of nitrogens with zero attached hydrogens (tertiary/aromatic N) is 2. The van der Waals surface area contributed by atoms with Crippen molar-refractivity contribution in [2.45, 2.75) is 24.6 Å². The molecule has 0 aliphatic carbocycles. The van der Waals surface area contributed by atoms with Crippen molar-refractivity contribution in [3.63, 3.8) is 0 Å². The standard InChI is InChI=1S/C11H21N3O5/c1-13(2)4-7-3-8(16)5-14(7)11(19)12-9(6-15)10(17)18/h7-9,15-16H,3-6H2,1-2H3,(H,12,19)(H,17,18)/t7?,8?,9-/m0/s1. The van der Waals surface area contributed by atoms with Crippen molar-refractivity contribution in [1.82, 2.24) is 15.1 Å². The normalized spacial score (nSPS) is 24.6. The van der Waals surface area contributed by atoms with E-state index in [9.17, 15) is 14.7 Å². The lowest BCUT2D eigenvalue weighted by Crippen LogP contribution is -2.52. The maximum atomic E-state index is 12.0. The second-order valence-electron chi connectivity index (χ2n) is 4.98. The number of aliphatic hydroxyl groups is 2. The van der Waals surface area contributed by atoms with E-state index in [4.69, 9.17) is 10.2 Å². The van der Waals surface area contributed by atoms with Gasteiger partial charge in [0.1, 0.15) is 0 Å². The third-order valence-corrected chi connectivity index (χ3v) is 3.01. The van der Waals surface area contributed by atoms with Crippen LogP contribution in [0.4, 0.5) is 4.79 Å². The molecular formula is C11H21N3O5. The molecule has 0 aromatic heterocycles. The van der Waals surface area contributed by atoms with Crippen LogP contribution in [0.1, 0.15) is 6.42 Å². The number of rotatable bonds is 5. The zero-order chi connectivity index (χ0) is 14.6. The lowest BCUT2D eigenvalue weighted by Gasteiger charge is -2.28. The predicted molar refractivity (Wildman–Crippen MR) is 66.7 cm³/mol. The second kappa shape index (κ2) is 6.69. The number of urea groups is 1. The summed E-state index contributed by atoms with van der Waals surface area (Å²) in [6.07, 6.45) is -0.143. The van der Waals surface area contributed by atoms with E-state index in [2.05, 4.69) is 5.32 Å². The number of β-amino-alcohol motifs (C(OH)–C–C–N with tert-alkyl or cyclic N) is 1. The summed E-state index contributed by atoms with van der Waals surface area (Å²) in [5.74, 6) is -1.29. The third-order valence-electron chi connectivity index (χ3n) is 3.01.